The lowest BCUT2D eigenvalue weighted by Crippen LogP contribution is -2.56. The number of carbonyl (C=O) groups excluding carboxylic acids is 1. The van der Waals surface area contributed by atoms with Crippen LogP contribution in [0.1, 0.15) is 51.9 Å². The molecule has 5 nitrogen and oxygen atoms in total. The van der Waals surface area contributed by atoms with E-state index in [-0.39, 0.29) is 18.5 Å². The Morgan fingerprint density at radius 1 is 1.40 bits per heavy atom. The topological polar surface area (TPSA) is 69.6 Å². The van der Waals surface area contributed by atoms with Gasteiger partial charge in [0, 0.05) is 7.05 Å². The lowest BCUT2D eigenvalue weighted by Gasteiger charge is -2.44. The molecule has 1 saturated carbocycles. The first kappa shape index (κ1) is 16.4. The second-order valence-corrected chi connectivity index (χ2v) is 5.49. The first-order valence-electron chi connectivity index (χ1n) is 7.17. The molecule has 0 spiro atoms. The van der Waals surface area contributed by atoms with Gasteiger partial charge in [-0.1, -0.05) is 32.1 Å². The molecule has 5 heteroatoms. The maximum atomic E-state index is 12.3. The highest BCUT2D eigenvalue weighted by Crippen LogP contribution is 2.35. The van der Waals surface area contributed by atoms with Crippen molar-refractivity contribution in [1.82, 2.24) is 10.2 Å². The summed E-state index contributed by atoms with van der Waals surface area (Å²) in [5.74, 6) is 1.65. The quantitative estimate of drug-likeness (QED) is 0.759. The SMILES string of the molecule is C#CC(CC)NC(=O)N(C)C1(CC(=O)O)CCCCC1. The molecule has 112 valence electrons. The Balaban J connectivity index is 2.82. The van der Waals surface area contributed by atoms with Crippen molar-refractivity contribution in [2.24, 2.45) is 0 Å². The number of hydrogen-bond donors (Lipinski definition) is 2. The largest absolute Gasteiger partial charge is 0.481 e. The Kier molecular flexibility index (Phi) is 5.87. The summed E-state index contributed by atoms with van der Waals surface area (Å²) in [7, 11) is 1.67. The van der Waals surface area contributed by atoms with Crippen molar-refractivity contribution >= 4 is 12.0 Å². The van der Waals surface area contributed by atoms with E-state index in [0.717, 1.165) is 32.1 Å². The number of carboxylic acid groups (broad SMARTS) is 1. The monoisotopic (exact) mass is 280 g/mol. The number of carbonyl (C=O) groups is 2. The third kappa shape index (κ3) is 3.89. The van der Waals surface area contributed by atoms with Crippen LogP contribution in [0.25, 0.3) is 0 Å². The number of hydrogen-bond acceptors (Lipinski definition) is 2. The van der Waals surface area contributed by atoms with Gasteiger partial charge < -0.3 is 15.3 Å². The molecule has 20 heavy (non-hydrogen) atoms. The molecule has 0 aromatic rings. The van der Waals surface area contributed by atoms with Crippen molar-refractivity contribution in [3.8, 4) is 12.3 Å². The Labute approximate surface area is 120 Å². The molecule has 0 radical (unpaired) electrons. The van der Waals surface area contributed by atoms with Crippen LogP contribution in [0.15, 0.2) is 0 Å². The first-order valence-corrected chi connectivity index (χ1v) is 7.17. The van der Waals surface area contributed by atoms with Gasteiger partial charge in [-0.25, -0.2) is 4.79 Å². The van der Waals surface area contributed by atoms with Gasteiger partial charge in [-0.3, -0.25) is 4.79 Å². The average molecular weight is 280 g/mol. The van der Waals surface area contributed by atoms with E-state index in [4.69, 9.17) is 11.5 Å². The molecule has 1 rings (SSSR count). The predicted octanol–water partition coefficient (Wildman–Crippen LogP) is 2.22. The standard InChI is InChI=1S/C15H24N2O3/c1-4-12(5-2)16-14(20)17(3)15(11-13(18)19)9-7-6-8-10-15/h1,12H,5-11H2,2-3H3,(H,16,20)(H,18,19). The van der Waals surface area contributed by atoms with Gasteiger partial charge in [-0.2, -0.15) is 0 Å². The average Bonchev–Trinajstić information content (AvgIpc) is 2.43. The van der Waals surface area contributed by atoms with E-state index in [9.17, 15) is 9.59 Å². The molecular formula is C15H24N2O3. The highest BCUT2D eigenvalue weighted by molar-refractivity contribution is 5.77. The zero-order chi connectivity index (χ0) is 15.2. The van der Waals surface area contributed by atoms with Gasteiger partial charge in [-0.15, -0.1) is 6.42 Å². The number of nitrogens with zero attached hydrogens (tertiary/aromatic N) is 1. The molecule has 1 aliphatic carbocycles. The molecule has 0 aliphatic heterocycles. The summed E-state index contributed by atoms with van der Waals surface area (Å²) in [5.41, 5.74) is -0.582. The molecule has 1 atom stereocenters. The summed E-state index contributed by atoms with van der Waals surface area (Å²) in [6.07, 6.45) is 10.5. The van der Waals surface area contributed by atoms with E-state index < -0.39 is 11.5 Å². The maximum Gasteiger partial charge on any atom is 0.318 e. The fourth-order valence-electron chi connectivity index (χ4n) is 2.85. The van der Waals surface area contributed by atoms with Gasteiger partial charge in [0.15, 0.2) is 0 Å². The number of carboxylic acids is 1. The number of terminal acetylenes is 1. The Morgan fingerprint density at radius 2 is 2.00 bits per heavy atom. The Bertz CT molecular complexity index is 394. The molecule has 1 aliphatic rings. The van der Waals surface area contributed by atoms with E-state index in [1.807, 2.05) is 6.92 Å². The molecule has 0 heterocycles. The minimum atomic E-state index is -0.865. The molecule has 1 unspecified atom stereocenters. The van der Waals surface area contributed by atoms with Crippen molar-refractivity contribution in [3.05, 3.63) is 0 Å². The zero-order valence-electron chi connectivity index (χ0n) is 12.3. The molecule has 2 amide bonds. The summed E-state index contributed by atoms with van der Waals surface area (Å²) in [4.78, 5) is 25.0. The van der Waals surface area contributed by atoms with E-state index in [1.54, 1.807) is 11.9 Å². The summed E-state index contributed by atoms with van der Waals surface area (Å²) in [6, 6.07) is -0.589. The van der Waals surface area contributed by atoms with Crippen molar-refractivity contribution < 1.29 is 14.7 Å². The van der Waals surface area contributed by atoms with Crippen molar-refractivity contribution in [2.45, 2.75) is 63.5 Å². The summed E-state index contributed by atoms with van der Waals surface area (Å²) in [6.45, 7) is 1.90. The molecule has 1 fully saturated rings. The van der Waals surface area contributed by atoms with Crippen LogP contribution >= 0.6 is 0 Å². The van der Waals surface area contributed by atoms with Gasteiger partial charge >= 0.3 is 12.0 Å². The van der Waals surface area contributed by atoms with E-state index >= 15 is 0 Å². The number of rotatable bonds is 5. The minimum Gasteiger partial charge on any atom is -0.481 e. The van der Waals surface area contributed by atoms with Crippen LogP contribution in [0, 0.1) is 12.3 Å². The highest BCUT2D eigenvalue weighted by Gasteiger charge is 2.40. The number of aliphatic carboxylic acids is 1. The molecular weight excluding hydrogens is 256 g/mol. The Hall–Kier alpha value is -1.70. The van der Waals surface area contributed by atoms with Crippen LogP contribution in [0.3, 0.4) is 0 Å². The van der Waals surface area contributed by atoms with E-state index in [0.29, 0.717) is 6.42 Å². The lowest BCUT2D eigenvalue weighted by atomic mass is 9.78. The fraction of sp³-hybridized carbons (Fsp3) is 0.733. The number of nitrogens with one attached hydrogen (secondary N) is 1. The second kappa shape index (κ2) is 7.18. The molecule has 0 aromatic carbocycles. The summed E-state index contributed by atoms with van der Waals surface area (Å²) >= 11 is 0. The highest BCUT2D eigenvalue weighted by atomic mass is 16.4. The van der Waals surface area contributed by atoms with E-state index in [2.05, 4.69) is 11.2 Å². The Morgan fingerprint density at radius 3 is 2.45 bits per heavy atom. The third-order valence-electron chi connectivity index (χ3n) is 4.19. The van der Waals surface area contributed by atoms with Gasteiger partial charge in [-0.05, 0) is 19.3 Å². The fourth-order valence-corrected chi connectivity index (χ4v) is 2.85. The smallest absolute Gasteiger partial charge is 0.318 e. The second-order valence-electron chi connectivity index (χ2n) is 5.49. The summed E-state index contributed by atoms with van der Waals surface area (Å²) < 4.78 is 0. The van der Waals surface area contributed by atoms with E-state index in [1.165, 1.54) is 0 Å². The maximum absolute atomic E-state index is 12.3. The summed E-state index contributed by atoms with van der Waals surface area (Å²) in [5, 5.41) is 11.9. The predicted molar refractivity (Wildman–Crippen MR) is 77.3 cm³/mol. The van der Waals surface area contributed by atoms with Gasteiger partial charge in [0.05, 0.1) is 18.0 Å². The van der Waals surface area contributed by atoms with Crippen molar-refractivity contribution in [1.29, 1.82) is 0 Å². The van der Waals surface area contributed by atoms with Crippen LogP contribution in [-0.2, 0) is 4.79 Å². The lowest BCUT2D eigenvalue weighted by molar-refractivity contribution is -0.140. The van der Waals surface area contributed by atoms with Gasteiger partial charge in [0.2, 0.25) is 0 Å². The molecule has 0 saturated heterocycles. The van der Waals surface area contributed by atoms with Crippen LogP contribution in [-0.4, -0.2) is 40.6 Å². The normalized spacial score (nSPS) is 18.6. The number of urea groups is 1. The molecule has 0 bridgehead atoms. The van der Waals surface area contributed by atoms with Gasteiger partial charge in [0.25, 0.3) is 0 Å². The van der Waals surface area contributed by atoms with Crippen molar-refractivity contribution in [2.75, 3.05) is 7.05 Å². The zero-order valence-corrected chi connectivity index (χ0v) is 12.3. The minimum absolute atomic E-state index is 0.0102. The third-order valence-corrected chi connectivity index (χ3v) is 4.19. The van der Waals surface area contributed by atoms with Crippen molar-refractivity contribution in [3.63, 3.8) is 0 Å². The molecule has 0 aromatic heterocycles. The van der Waals surface area contributed by atoms with Gasteiger partial charge in [0.1, 0.15) is 0 Å². The van der Waals surface area contributed by atoms with Crippen LogP contribution in [0.4, 0.5) is 4.79 Å². The van der Waals surface area contributed by atoms with Crippen LogP contribution in [0.2, 0.25) is 0 Å². The number of amides is 2. The first-order chi connectivity index (χ1) is 9.45. The van der Waals surface area contributed by atoms with Crippen LogP contribution in [0.5, 0.6) is 0 Å². The van der Waals surface area contributed by atoms with Crippen LogP contribution < -0.4 is 5.32 Å². The molecule has 2 N–H and O–H groups in total.